The zero-order valence-electron chi connectivity index (χ0n) is 10.2. The minimum atomic E-state index is -0.471. The Morgan fingerprint density at radius 1 is 1.12 bits per heavy atom. The predicted octanol–water partition coefficient (Wildman–Crippen LogP) is 2.59. The summed E-state index contributed by atoms with van der Waals surface area (Å²) in [5.74, 6) is 0. The molecule has 1 aromatic rings. The molecule has 94 valence electrons. The first-order valence-corrected chi connectivity index (χ1v) is 5.98. The second-order valence-electron chi connectivity index (χ2n) is 3.77. The molecule has 1 aliphatic rings. The Morgan fingerprint density at radius 3 is 2.65 bits per heavy atom. The third-order valence-corrected chi connectivity index (χ3v) is 2.62. The molecule has 1 aromatic carbocycles. The first-order chi connectivity index (χ1) is 8.35. The lowest BCUT2D eigenvalue weighted by molar-refractivity contribution is -0.433. The normalized spacial score (nSPS) is 24.1. The summed E-state index contributed by atoms with van der Waals surface area (Å²) in [7, 11) is 0. The van der Waals surface area contributed by atoms with Crippen molar-refractivity contribution in [2.24, 2.45) is 0 Å². The van der Waals surface area contributed by atoms with E-state index in [1.54, 1.807) is 0 Å². The quantitative estimate of drug-likeness (QED) is 0.755. The lowest BCUT2D eigenvalue weighted by Crippen LogP contribution is -2.18. The Labute approximate surface area is 101 Å². The van der Waals surface area contributed by atoms with Crippen molar-refractivity contribution in [1.29, 1.82) is 0 Å². The van der Waals surface area contributed by atoms with Gasteiger partial charge in [0.2, 0.25) is 6.29 Å². The van der Waals surface area contributed by atoms with Crippen LogP contribution < -0.4 is 0 Å². The average Bonchev–Trinajstić information content (AvgIpc) is 2.51. The highest BCUT2D eigenvalue weighted by Gasteiger charge is 2.25. The zero-order valence-corrected chi connectivity index (χ0v) is 10.2. The Morgan fingerprint density at radius 2 is 1.88 bits per heavy atom. The molecule has 2 rings (SSSR count). The maximum atomic E-state index is 5.51. The Balaban J connectivity index is 2.20. The van der Waals surface area contributed by atoms with E-state index in [1.807, 2.05) is 38.1 Å². The topological polar surface area (TPSA) is 36.9 Å². The van der Waals surface area contributed by atoms with E-state index in [0.29, 0.717) is 19.6 Å². The highest BCUT2D eigenvalue weighted by Crippen LogP contribution is 2.28. The number of hydrogen-bond acceptors (Lipinski definition) is 4. The summed E-state index contributed by atoms with van der Waals surface area (Å²) in [6, 6.07) is 8.00. The average molecular weight is 238 g/mol. The van der Waals surface area contributed by atoms with Gasteiger partial charge in [-0.25, -0.2) is 4.89 Å². The Kier molecular flexibility index (Phi) is 4.50. The van der Waals surface area contributed by atoms with Crippen LogP contribution in [0.3, 0.4) is 0 Å². The van der Waals surface area contributed by atoms with Gasteiger partial charge in [-0.3, -0.25) is 0 Å². The smallest absolute Gasteiger partial charge is 0.217 e. The van der Waals surface area contributed by atoms with E-state index >= 15 is 0 Å². The van der Waals surface area contributed by atoms with E-state index in [2.05, 4.69) is 0 Å². The predicted molar refractivity (Wildman–Crippen MR) is 62.1 cm³/mol. The van der Waals surface area contributed by atoms with E-state index in [0.717, 1.165) is 11.1 Å². The van der Waals surface area contributed by atoms with Crippen molar-refractivity contribution in [2.45, 2.75) is 32.8 Å². The van der Waals surface area contributed by atoms with Crippen LogP contribution in [0.5, 0.6) is 0 Å². The maximum absolute atomic E-state index is 5.51. The minimum absolute atomic E-state index is 0.369. The van der Waals surface area contributed by atoms with E-state index < -0.39 is 6.29 Å². The van der Waals surface area contributed by atoms with Crippen LogP contribution in [0.25, 0.3) is 0 Å². The SMILES string of the molecule is CCOC1Cc2ccccc2C(OCC)OO1. The molecule has 0 saturated heterocycles. The molecule has 17 heavy (non-hydrogen) atoms. The number of benzene rings is 1. The number of fused-ring (bicyclic) bond motifs is 1. The molecule has 0 saturated carbocycles. The van der Waals surface area contributed by atoms with Crippen LogP contribution in [0.4, 0.5) is 0 Å². The standard InChI is InChI=1S/C13H18O4/c1-3-14-12-9-10-7-5-6-8-11(10)13(15-4-2)17-16-12/h5-8,12-13H,3-4,9H2,1-2H3. The van der Waals surface area contributed by atoms with Crippen molar-refractivity contribution in [3.63, 3.8) is 0 Å². The van der Waals surface area contributed by atoms with Gasteiger partial charge in [0, 0.05) is 25.2 Å². The molecule has 0 aromatic heterocycles. The fourth-order valence-corrected chi connectivity index (χ4v) is 1.87. The monoisotopic (exact) mass is 238 g/mol. The van der Waals surface area contributed by atoms with Gasteiger partial charge in [0.05, 0.1) is 0 Å². The Bertz CT molecular complexity index is 353. The number of rotatable bonds is 4. The highest BCUT2D eigenvalue weighted by atomic mass is 17.2. The molecule has 0 spiro atoms. The fraction of sp³-hybridized carbons (Fsp3) is 0.538. The number of hydrogen-bond donors (Lipinski definition) is 0. The van der Waals surface area contributed by atoms with Crippen LogP contribution in [0.1, 0.15) is 31.3 Å². The van der Waals surface area contributed by atoms with Gasteiger partial charge in [0.25, 0.3) is 0 Å². The summed E-state index contributed by atoms with van der Waals surface area (Å²) >= 11 is 0. The molecular weight excluding hydrogens is 220 g/mol. The first kappa shape index (κ1) is 12.5. The second kappa shape index (κ2) is 6.12. The molecule has 1 aliphatic heterocycles. The fourth-order valence-electron chi connectivity index (χ4n) is 1.87. The summed E-state index contributed by atoms with van der Waals surface area (Å²) in [5, 5.41) is 0. The van der Waals surface area contributed by atoms with Crippen molar-refractivity contribution in [3.8, 4) is 0 Å². The van der Waals surface area contributed by atoms with Crippen LogP contribution in [0, 0.1) is 0 Å². The molecule has 0 radical (unpaired) electrons. The second-order valence-corrected chi connectivity index (χ2v) is 3.77. The van der Waals surface area contributed by atoms with Gasteiger partial charge in [0.15, 0.2) is 6.29 Å². The summed E-state index contributed by atoms with van der Waals surface area (Å²) in [4.78, 5) is 10.5. The molecule has 0 amide bonds. The molecule has 4 nitrogen and oxygen atoms in total. The summed E-state index contributed by atoms with van der Waals surface area (Å²) < 4.78 is 11.0. The Hall–Kier alpha value is -0.940. The van der Waals surface area contributed by atoms with Crippen LogP contribution in [0.2, 0.25) is 0 Å². The summed E-state index contributed by atoms with van der Waals surface area (Å²) in [5.41, 5.74) is 2.15. The maximum Gasteiger partial charge on any atom is 0.217 e. The van der Waals surface area contributed by atoms with Crippen LogP contribution in [0.15, 0.2) is 24.3 Å². The van der Waals surface area contributed by atoms with Crippen molar-refractivity contribution >= 4 is 0 Å². The molecule has 0 bridgehead atoms. The van der Waals surface area contributed by atoms with Gasteiger partial charge >= 0.3 is 0 Å². The third-order valence-electron chi connectivity index (χ3n) is 2.62. The van der Waals surface area contributed by atoms with Crippen molar-refractivity contribution in [1.82, 2.24) is 0 Å². The number of ether oxygens (including phenoxy) is 2. The third kappa shape index (κ3) is 3.04. The van der Waals surface area contributed by atoms with Gasteiger partial charge in [-0.1, -0.05) is 24.3 Å². The molecule has 4 heteroatoms. The lowest BCUT2D eigenvalue weighted by atomic mass is 10.0. The molecule has 2 atom stereocenters. The van der Waals surface area contributed by atoms with Crippen molar-refractivity contribution in [2.75, 3.05) is 13.2 Å². The van der Waals surface area contributed by atoms with Crippen LogP contribution in [-0.4, -0.2) is 19.5 Å². The van der Waals surface area contributed by atoms with E-state index in [4.69, 9.17) is 19.2 Å². The molecule has 0 aliphatic carbocycles. The van der Waals surface area contributed by atoms with E-state index in [9.17, 15) is 0 Å². The molecule has 0 N–H and O–H groups in total. The van der Waals surface area contributed by atoms with Crippen molar-refractivity contribution < 1.29 is 19.2 Å². The van der Waals surface area contributed by atoms with Gasteiger partial charge in [-0.2, -0.15) is 4.89 Å². The highest BCUT2D eigenvalue weighted by molar-refractivity contribution is 5.29. The molecule has 2 unspecified atom stereocenters. The largest absolute Gasteiger partial charge is 0.350 e. The van der Waals surface area contributed by atoms with Crippen LogP contribution in [-0.2, 0) is 25.7 Å². The summed E-state index contributed by atoms with van der Waals surface area (Å²) in [6.45, 7) is 5.02. The molecule has 1 heterocycles. The lowest BCUT2D eigenvalue weighted by Gasteiger charge is -2.16. The van der Waals surface area contributed by atoms with Crippen LogP contribution >= 0.6 is 0 Å². The zero-order chi connectivity index (χ0) is 12.1. The molecule has 0 fully saturated rings. The minimum Gasteiger partial charge on any atom is -0.350 e. The molecular formula is C13H18O4. The van der Waals surface area contributed by atoms with Gasteiger partial charge < -0.3 is 9.47 Å². The van der Waals surface area contributed by atoms with Gasteiger partial charge in [-0.15, -0.1) is 0 Å². The van der Waals surface area contributed by atoms with E-state index in [1.165, 1.54) is 0 Å². The summed E-state index contributed by atoms with van der Waals surface area (Å²) in [6.07, 6.45) is -0.165. The van der Waals surface area contributed by atoms with Gasteiger partial charge in [0.1, 0.15) is 0 Å². The van der Waals surface area contributed by atoms with E-state index in [-0.39, 0.29) is 6.29 Å². The van der Waals surface area contributed by atoms with Gasteiger partial charge in [-0.05, 0) is 19.4 Å². The van der Waals surface area contributed by atoms with Crippen molar-refractivity contribution in [3.05, 3.63) is 35.4 Å². The first-order valence-electron chi connectivity index (χ1n) is 5.98.